The van der Waals surface area contributed by atoms with Crippen LogP contribution in [0.25, 0.3) is 11.0 Å². The number of nitrogens with zero attached hydrogens (tertiary/aromatic N) is 3. The summed E-state index contributed by atoms with van der Waals surface area (Å²) in [6.07, 6.45) is 4.72. The molecule has 1 fully saturated rings. The van der Waals surface area contributed by atoms with Crippen LogP contribution in [0.5, 0.6) is 5.75 Å². The van der Waals surface area contributed by atoms with Gasteiger partial charge in [-0.15, -0.1) is 0 Å². The third-order valence-electron chi connectivity index (χ3n) is 4.89. The second-order valence-corrected chi connectivity index (χ2v) is 8.75. The van der Waals surface area contributed by atoms with Gasteiger partial charge < -0.3 is 9.26 Å². The van der Waals surface area contributed by atoms with E-state index in [4.69, 9.17) is 9.26 Å². The van der Waals surface area contributed by atoms with E-state index in [1.54, 1.807) is 23.0 Å². The smallest absolute Gasteiger partial charge is 0.236 e. The molecule has 0 saturated heterocycles. The molecule has 1 aliphatic rings. The van der Waals surface area contributed by atoms with E-state index < -0.39 is 15.3 Å². The minimum absolute atomic E-state index is 0.0920. The summed E-state index contributed by atoms with van der Waals surface area (Å²) in [4.78, 5) is 11.4. The van der Waals surface area contributed by atoms with Crippen LogP contribution in [0.1, 0.15) is 31.2 Å². The number of nitrogens with one attached hydrogen (secondary N) is 1. The molecule has 10 heteroatoms. The molecule has 2 aromatic heterocycles. The number of hydrogen-bond acceptors (Lipinski definition) is 7. The van der Waals surface area contributed by atoms with Crippen molar-refractivity contribution in [3.8, 4) is 5.75 Å². The molecular weight excluding hydrogens is 384 g/mol. The number of Topliss-reactive ketones (excluding diaryl/α,β-unsaturated/α-hetero) is 1. The van der Waals surface area contributed by atoms with Crippen LogP contribution < -0.4 is 9.46 Å². The second kappa shape index (κ2) is 7.27. The van der Waals surface area contributed by atoms with Gasteiger partial charge in [0.25, 0.3) is 0 Å². The molecule has 0 spiro atoms. The molecule has 0 aliphatic heterocycles. The molecule has 0 unspecified atom stereocenters. The number of anilines is 1. The molecule has 148 valence electrons. The fraction of sp³-hybridized carbons (Fsp3) is 0.389. The summed E-state index contributed by atoms with van der Waals surface area (Å²) < 4.78 is 40.5. The summed E-state index contributed by atoms with van der Waals surface area (Å²) in [6.45, 7) is 0.511. The van der Waals surface area contributed by atoms with E-state index in [0.717, 1.165) is 5.56 Å². The van der Waals surface area contributed by atoms with Gasteiger partial charge in [0.2, 0.25) is 10.0 Å². The van der Waals surface area contributed by atoms with E-state index in [9.17, 15) is 13.2 Å². The number of ketones is 1. The lowest BCUT2D eigenvalue weighted by atomic mass is 9.99. The quantitative estimate of drug-likeness (QED) is 0.670. The Labute approximate surface area is 161 Å². The predicted molar refractivity (Wildman–Crippen MR) is 102 cm³/mol. The third kappa shape index (κ3) is 3.59. The molecule has 3 aromatic rings. The van der Waals surface area contributed by atoms with Crippen molar-refractivity contribution in [3.05, 3.63) is 36.2 Å². The number of carbonyl (C=O) groups excluding carboxylic acids is 1. The standard InChI is InChI=1S/C18H20N4O5S/c1-26-15-9-12(11-22-8-2-7-19-22)10-16-17(15)18(20-27-16)21-28(24,25)14-5-3-13(23)4-6-14/h2,7-10,14H,3-6,11H2,1H3,(H,20,21). The zero-order valence-electron chi connectivity index (χ0n) is 15.3. The van der Waals surface area contributed by atoms with Crippen LogP contribution in [0.3, 0.4) is 0 Å². The number of ether oxygens (including phenoxy) is 1. The fourth-order valence-corrected chi connectivity index (χ4v) is 4.87. The van der Waals surface area contributed by atoms with Gasteiger partial charge >= 0.3 is 0 Å². The van der Waals surface area contributed by atoms with Crippen molar-refractivity contribution in [2.75, 3.05) is 11.8 Å². The Morgan fingerprint density at radius 1 is 1.32 bits per heavy atom. The van der Waals surface area contributed by atoms with Gasteiger partial charge in [-0.05, 0) is 36.6 Å². The molecule has 9 nitrogen and oxygen atoms in total. The average Bonchev–Trinajstić information content (AvgIpc) is 3.31. The Balaban J connectivity index is 1.64. The number of aromatic nitrogens is 3. The maximum Gasteiger partial charge on any atom is 0.236 e. The normalized spacial score (nSPS) is 15.8. The van der Waals surface area contributed by atoms with Crippen LogP contribution in [-0.4, -0.2) is 41.5 Å². The Hall–Kier alpha value is -2.88. The van der Waals surface area contributed by atoms with E-state index in [-0.39, 0.29) is 24.4 Å². The molecule has 0 atom stereocenters. The van der Waals surface area contributed by atoms with Gasteiger partial charge in [-0.25, -0.2) is 8.42 Å². The lowest BCUT2D eigenvalue weighted by molar-refractivity contribution is -0.120. The number of benzene rings is 1. The van der Waals surface area contributed by atoms with E-state index in [1.165, 1.54) is 7.11 Å². The summed E-state index contributed by atoms with van der Waals surface area (Å²) in [5.74, 6) is 0.650. The van der Waals surface area contributed by atoms with Crippen LogP contribution in [0.15, 0.2) is 35.1 Å². The van der Waals surface area contributed by atoms with Crippen LogP contribution >= 0.6 is 0 Å². The lowest BCUT2D eigenvalue weighted by Crippen LogP contribution is -2.32. The Bertz CT molecular complexity index is 1090. The number of hydrogen-bond donors (Lipinski definition) is 1. The number of sulfonamides is 1. The van der Waals surface area contributed by atoms with E-state index in [1.807, 2.05) is 12.3 Å². The van der Waals surface area contributed by atoms with Crippen molar-refractivity contribution >= 4 is 32.6 Å². The highest BCUT2D eigenvalue weighted by Crippen LogP contribution is 2.35. The van der Waals surface area contributed by atoms with Crippen molar-refractivity contribution in [3.63, 3.8) is 0 Å². The molecule has 0 radical (unpaired) electrons. The lowest BCUT2D eigenvalue weighted by Gasteiger charge is -2.21. The number of rotatable bonds is 6. The first-order chi connectivity index (χ1) is 13.5. The van der Waals surface area contributed by atoms with E-state index in [2.05, 4.69) is 15.0 Å². The van der Waals surface area contributed by atoms with Crippen molar-refractivity contribution in [1.29, 1.82) is 0 Å². The molecule has 4 rings (SSSR count). The summed E-state index contributed by atoms with van der Waals surface area (Å²) in [7, 11) is -2.19. The topological polar surface area (TPSA) is 116 Å². The summed E-state index contributed by atoms with van der Waals surface area (Å²) in [5.41, 5.74) is 1.29. The third-order valence-corrected chi connectivity index (χ3v) is 6.72. The molecule has 28 heavy (non-hydrogen) atoms. The number of methoxy groups -OCH3 is 1. The first-order valence-electron chi connectivity index (χ1n) is 8.93. The first kappa shape index (κ1) is 18.5. The van der Waals surface area contributed by atoms with Gasteiger partial charge in [0.15, 0.2) is 11.4 Å². The number of carbonyl (C=O) groups is 1. The minimum Gasteiger partial charge on any atom is -0.496 e. The van der Waals surface area contributed by atoms with Crippen molar-refractivity contribution < 1.29 is 22.5 Å². The molecule has 1 saturated carbocycles. The van der Waals surface area contributed by atoms with Gasteiger partial charge in [0, 0.05) is 25.2 Å². The van der Waals surface area contributed by atoms with Gasteiger partial charge in [-0.1, -0.05) is 5.16 Å². The van der Waals surface area contributed by atoms with Crippen molar-refractivity contribution in [2.24, 2.45) is 0 Å². The predicted octanol–water partition coefficient (Wildman–Crippen LogP) is 2.33. The summed E-state index contributed by atoms with van der Waals surface area (Å²) in [6, 6.07) is 5.41. The molecule has 1 aromatic carbocycles. The molecular formula is C18H20N4O5S. The average molecular weight is 404 g/mol. The van der Waals surface area contributed by atoms with Gasteiger partial charge in [0.05, 0.1) is 18.9 Å². The SMILES string of the molecule is COc1cc(Cn2cccn2)cc2onc(NS(=O)(=O)C3CCC(=O)CC3)c12. The summed E-state index contributed by atoms with van der Waals surface area (Å²) in [5, 5.41) is 7.91. The van der Waals surface area contributed by atoms with E-state index >= 15 is 0 Å². The Morgan fingerprint density at radius 3 is 2.79 bits per heavy atom. The summed E-state index contributed by atoms with van der Waals surface area (Å²) >= 11 is 0. The van der Waals surface area contributed by atoms with Crippen LogP contribution in [0, 0.1) is 0 Å². The largest absolute Gasteiger partial charge is 0.496 e. The Kier molecular flexibility index (Phi) is 4.80. The molecule has 0 bridgehead atoms. The van der Waals surface area contributed by atoms with Gasteiger partial charge in [-0.2, -0.15) is 5.10 Å². The van der Waals surface area contributed by atoms with Crippen LogP contribution in [0.4, 0.5) is 5.82 Å². The number of fused-ring (bicyclic) bond motifs is 1. The highest BCUT2D eigenvalue weighted by atomic mass is 32.2. The monoisotopic (exact) mass is 404 g/mol. The molecule has 0 amide bonds. The fourth-order valence-electron chi connectivity index (χ4n) is 3.43. The van der Waals surface area contributed by atoms with Crippen LogP contribution in [0.2, 0.25) is 0 Å². The van der Waals surface area contributed by atoms with Crippen molar-refractivity contribution in [1.82, 2.24) is 14.9 Å². The molecule has 1 aliphatic carbocycles. The maximum absolute atomic E-state index is 12.7. The zero-order chi connectivity index (χ0) is 19.7. The maximum atomic E-state index is 12.7. The second-order valence-electron chi connectivity index (χ2n) is 6.79. The Morgan fingerprint density at radius 2 is 2.11 bits per heavy atom. The van der Waals surface area contributed by atoms with Crippen molar-refractivity contribution in [2.45, 2.75) is 37.5 Å². The highest BCUT2D eigenvalue weighted by molar-refractivity contribution is 7.93. The molecule has 2 heterocycles. The van der Waals surface area contributed by atoms with E-state index in [0.29, 0.717) is 36.1 Å². The minimum atomic E-state index is -3.69. The van der Waals surface area contributed by atoms with Gasteiger partial charge in [0.1, 0.15) is 16.9 Å². The van der Waals surface area contributed by atoms with Gasteiger partial charge in [-0.3, -0.25) is 14.2 Å². The highest BCUT2D eigenvalue weighted by Gasteiger charge is 2.31. The molecule has 1 N–H and O–H groups in total. The van der Waals surface area contributed by atoms with Crippen LogP contribution in [-0.2, 0) is 21.4 Å². The first-order valence-corrected chi connectivity index (χ1v) is 10.5. The zero-order valence-corrected chi connectivity index (χ0v) is 16.1.